The minimum Gasteiger partial charge on any atom is -0.435 e. The molecule has 36 heavy (non-hydrogen) atoms. The van der Waals surface area contributed by atoms with Crippen LogP contribution in [0.5, 0.6) is 0 Å². The second-order valence-corrected chi connectivity index (χ2v) is 11.1. The van der Waals surface area contributed by atoms with E-state index in [9.17, 15) is 4.79 Å². The topological polar surface area (TPSA) is 63.2 Å². The van der Waals surface area contributed by atoms with Gasteiger partial charge in [-0.2, -0.15) is 0 Å². The maximum atomic E-state index is 12.3. The summed E-state index contributed by atoms with van der Waals surface area (Å²) in [7, 11) is 1.76. The largest absolute Gasteiger partial charge is 0.435 e. The summed E-state index contributed by atoms with van der Waals surface area (Å²) >= 11 is 0. The molecule has 3 aliphatic rings. The highest BCUT2D eigenvalue weighted by molar-refractivity contribution is 5.66. The van der Waals surface area contributed by atoms with Gasteiger partial charge in [0, 0.05) is 20.6 Å². The van der Waals surface area contributed by atoms with Crippen LogP contribution in [-0.2, 0) is 28.5 Å². The van der Waals surface area contributed by atoms with Crippen molar-refractivity contribution in [2.45, 2.75) is 104 Å². The first kappa shape index (κ1) is 29.1. The number of allylic oxidation sites excluding steroid dienone is 2. The van der Waals surface area contributed by atoms with Crippen LogP contribution in [0.1, 0.15) is 79.6 Å². The second-order valence-electron chi connectivity index (χ2n) is 11.1. The summed E-state index contributed by atoms with van der Waals surface area (Å²) < 4.78 is 31.3. The Morgan fingerprint density at radius 3 is 2.58 bits per heavy atom. The summed E-state index contributed by atoms with van der Waals surface area (Å²) in [6.45, 7) is 19.8. The van der Waals surface area contributed by atoms with Gasteiger partial charge in [0.2, 0.25) is 6.29 Å². The van der Waals surface area contributed by atoms with E-state index in [1.54, 1.807) is 7.11 Å². The van der Waals surface area contributed by atoms with Crippen LogP contribution in [0.2, 0.25) is 0 Å². The first-order valence-electron chi connectivity index (χ1n) is 13.8. The van der Waals surface area contributed by atoms with Crippen LogP contribution in [0.3, 0.4) is 0 Å². The van der Waals surface area contributed by atoms with Gasteiger partial charge < -0.3 is 23.7 Å². The van der Waals surface area contributed by atoms with Gasteiger partial charge in [-0.25, -0.2) is 0 Å². The summed E-state index contributed by atoms with van der Waals surface area (Å²) in [5, 5.41) is 0. The van der Waals surface area contributed by atoms with Gasteiger partial charge in [0.25, 0.3) is 0 Å². The summed E-state index contributed by atoms with van der Waals surface area (Å²) in [6, 6.07) is 0. The van der Waals surface area contributed by atoms with E-state index in [4.69, 9.17) is 23.7 Å². The highest BCUT2D eigenvalue weighted by Gasteiger charge is 2.71. The molecule has 0 aromatic rings. The molecule has 0 bridgehead atoms. The van der Waals surface area contributed by atoms with E-state index >= 15 is 0 Å². The molecule has 6 heteroatoms. The molecule has 3 rings (SSSR count). The van der Waals surface area contributed by atoms with Crippen LogP contribution in [-0.4, -0.2) is 51.1 Å². The van der Waals surface area contributed by atoms with Crippen molar-refractivity contribution >= 4 is 5.97 Å². The van der Waals surface area contributed by atoms with Gasteiger partial charge in [0.05, 0.1) is 24.2 Å². The Balaban J connectivity index is 2.16. The molecule has 6 nitrogen and oxygen atoms in total. The third-order valence-electron chi connectivity index (χ3n) is 8.96. The highest BCUT2D eigenvalue weighted by atomic mass is 16.8. The predicted octanol–water partition coefficient (Wildman–Crippen LogP) is 6.36. The lowest BCUT2D eigenvalue weighted by Crippen LogP contribution is -2.63. The van der Waals surface area contributed by atoms with Crippen LogP contribution < -0.4 is 0 Å². The number of unbranched alkanes of at least 4 members (excludes halogenated alkanes) is 1. The Labute approximate surface area is 218 Å². The van der Waals surface area contributed by atoms with E-state index < -0.39 is 18.0 Å². The number of esters is 1. The highest BCUT2D eigenvalue weighted by Crippen LogP contribution is 2.67. The van der Waals surface area contributed by atoms with Crippen molar-refractivity contribution in [2.75, 3.05) is 20.3 Å². The minimum atomic E-state index is -0.774. The van der Waals surface area contributed by atoms with Gasteiger partial charge in [-0.05, 0) is 61.3 Å². The summed E-state index contributed by atoms with van der Waals surface area (Å²) in [5.41, 5.74) is 1.33. The number of rotatable bonds is 13. The molecule has 0 aromatic carbocycles. The van der Waals surface area contributed by atoms with Crippen molar-refractivity contribution in [3.63, 3.8) is 0 Å². The van der Waals surface area contributed by atoms with Gasteiger partial charge in [-0.3, -0.25) is 4.79 Å². The van der Waals surface area contributed by atoms with E-state index in [1.165, 1.54) is 6.92 Å². The lowest BCUT2D eigenvalue weighted by Gasteiger charge is -2.61. The number of carbonyl (C=O) groups excluding carboxylic acids is 1. The molecule has 1 heterocycles. The zero-order chi connectivity index (χ0) is 26.5. The van der Waals surface area contributed by atoms with E-state index in [2.05, 4.69) is 46.9 Å². The van der Waals surface area contributed by atoms with Crippen molar-refractivity contribution in [1.29, 1.82) is 0 Å². The Bertz CT molecular complexity index is 820. The third-order valence-corrected chi connectivity index (χ3v) is 8.96. The van der Waals surface area contributed by atoms with E-state index in [-0.39, 0.29) is 29.5 Å². The van der Waals surface area contributed by atoms with Crippen molar-refractivity contribution < 1.29 is 28.5 Å². The second kappa shape index (κ2) is 12.4. The Kier molecular flexibility index (Phi) is 10.0. The predicted molar refractivity (Wildman–Crippen MR) is 141 cm³/mol. The quantitative estimate of drug-likeness (QED) is 0.126. The molecule has 0 unspecified atom stereocenters. The summed E-state index contributed by atoms with van der Waals surface area (Å²) in [4.78, 5) is 12.3. The Hall–Kier alpha value is -1.47. The molecule has 0 N–H and O–H groups in total. The standard InChI is InChI=1S/C30H48O6/c1-9-12-16-34-27-24-18-23(33-15-10-2)19-25-29(7,14-13-20(4)11-3)21(5)17-26(32-8)30(24,25)28(36-27)35-22(6)31/h11,18,21,23,25-28H,3-4,9-10,12-17,19H2,1-2,5-8H3/t21-,23+,25+,26+,27+,28-,29-,30-/m1/s1. The average Bonchev–Trinajstić information content (AvgIpc) is 3.15. The van der Waals surface area contributed by atoms with Crippen molar-refractivity contribution in [3.05, 3.63) is 36.5 Å². The summed E-state index contributed by atoms with van der Waals surface area (Å²) in [6.07, 6.45) is 8.83. The molecule has 2 aliphatic carbocycles. The van der Waals surface area contributed by atoms with Crippen molar-refractivity contribution in [2.24, 2.45) is 22.7 Å². The molecule has 0 aromatic heterocycles. The lowest BCUT2D eigenvalue weighted by molar-refractivity contribution is -0.260. The van der Waals surface area contributed by atoms with Crippen LogP contribution in [0.4, 0.5) is 0 Å². The third kappa shape index (κ3) is 5.38. The molecule has 8 atom stereocenters. The van der Waals surface area contributed by atoms with Gasteiger partial charge in [0.1, 0.15) is 0 Å². The zero-order valence-corrected chi connectivity index (χ0v) is 23.3. The number of carbonyl (C=O) groups is 1. The fraction of sp³-hybridized carbons (Fsp3) is 0.767. The number of hydrogen-bond donors (Lipinski definition) is 0. The lowest BCUT2D eigenvalue weighted by atomic mass is 9.45. The van der Waals surface area contributed by atoms with Crippen LogP contribution in [0, 0.1) is 22.7 Å². The Morgan fingerprint density at radius 1 is 1.22 bits per heavy atom. The molecule has 1 spiro atoms. The molecule has 2 fully saturated rings. The fourth-order valence-corrected chi connectivity index (χ4v) is 6.80. The smallest absolute Gasteiger partial charge is 0.304 e. The molecule has 204 valence electrons. The van der Waals surface area contributed by atoms with Gasteiger partial charge >= 0.3 is 5.97 Å². The minimum absolute atomic E-state index is 0.0558. The first-order chi connectivity index (χ1) is 17.2. The molecule has 0 radical (unpaired) electrons. The first-order valence-corrected chi connectivity index (χ1v) is 13.8. The molecular weight excluding hydrogens is 456 g/mol. The maximum absolute atomic E-state index is 12.3. The maximum Gasteiger partial charge on any atom is 0.304 e. The van der Waals surface area contributed by atoms with Gasteiger partial charge in [-0.1, -0.05) is 65.0 Å². The molecular formula is C30H48O6. The number of ether oxygens (including phenoxy) is 5. The van der Waals surface area contributed by atoms with E-state index in [0.717, 1.165) is 56.1 Å². The molecule has 1 saturated heterocycles. The monoisotopic (exact) mass is 504 g/mol. The van der Waals surface area contributed by atoms with E-state index in [1.807, 2.05) is 6.08 Å². The number of methoxy groups -OCH3 is 1. The van der Waals surface area contributed by atoms with Gasteiger partial charge in [-0.15, -0.1) is 0 Å². The zero-order valence-electron chi connectivity index (χ0n) is 23.3. The Morgan fingerprint density at radius 2 is 1.97 bits per heavy atom. The SMILES string of the molecule is C=CC(=C)CC[C@]1(C)[C@H](C)C[C@H](OC)[C@@]23C(=C[C@H](OCCC)C[C@@H]12)[C@@H](OCCCC)O[C@H]3OC(C)=O. The molecule has 1 aliphatic heterocycles. The van der Waals surface area contributed by atoms with Crippen LogP contribution in [0.15, 0.2) is 36.5 Å². The number of hydrogen-bond acceptors (Lipinski definition) is 6. The van der Waals surface area contributed by atoms with Crippen LogP contribution >= 0.6 is 0 Å². The normalized spacial score (nSPS) is 37.6. The average molecular weight is 505 g/mol. The molecule has 0 amide bonds. The van der Waals surface area contributed by atoms with Crippen molar-refractivity contribution in [3.8, 4) is 0 Å². The molecule has 1 saturated carbocycles. The van der Waals surface area contributed by atoms with Crippen molar-refractivity contribution in [1.82, 2.24) is 0 Å². The van der Waals surface area contributed by atoms with Crippen LogP contribution in [0.25, 0.3) is 0 Å². The van der Waals surface area contributed by atoms with E-state index in [0.29, 0.717) is 19.1 Å². The summed E-state index contributed by atoms with van der Waals surface area (Å²) in [5.74, 6) is 0.114. The fourth-order valence-electron chi connectivity index (χ4n) is 6.80. The van der Waals surface area contributed by atoms with Gasteiger partial charge in [0.15, 0.2) is 6.29 Å².